The number of rotatable bonds is 7. The minimum absolute atomic E-state index is 0.548. The SMILES string of the molecule is CCN(CCN)CCCC1CCCO1. The zero-order valence-electron chi connectivity index (χ0n) is 9.37. The van der Waals surface area contributed by atoms with Crippen molar-refractivity contribution in [3.63, 3.8) is 0 Å². The van der Waals surface area contributed by atoms with Gasteiger partial charge in [-0.2, -0.15) is 0 Å². The van der Waals surface area contributed by atoms with Gasteiger partial charge < -0.3 is 15.4 Å². The molecule has 0 bridgehead atoms. The fraction of sp³-hybridized carbons (Fsp3) is 1.00. The van der Waals surface area contributed by atoms with Crippen molar-refractivity contribution in [3.05, 3.63) is 0 Å². The number of nitrogens with two attached hydrogens (primary N) is 1. The molecule has 1 atom stereocenters. The van der Waals surface area contributed by atoms with Crippen LogP contribution < -0.4 is 5.73 Å². The van der Waals surface area contributed by atoms with Crippen molar-refractivity contribution < 1.29 is 4.74 Å². The molecule has 84 valence electrons. The summed E-state index contributed by atoms with van der Waals surface area (Å²) in [4.78, 5) is 2.41. The van der Waals surface area contributed by atoms with Crippen LogP contribution in [-0.4, -0.2) is 43.8 Å². The van der Waals surface area contributed by atoms with Crippen molar-refractivity contribution in [2.45, 2.75) is 38.7 Å². The van der Waals surface area contributed by atoms with Gasteiger partial charge in [0.2, 0.25) is 0 Å². The van der Waals surface area contributed by atoms with E-state index < -0.39 is 0 Å². The van der Waals surface area contributed by atoms with Crippen LogP contribution in [0.4, 0.5) is 0 Å². The highest BCUT2D eigenvalue weighted by molar-refractivity contribution is 4.66. The quantitative estimate of drug-likeness (QED) is 0.671. The molecule has 1 unspecified atom stereocenters. The Morgan fingerprint density at radius 2 is 2.29 bits per heavy atom. The molecule has 3 nitrogen and oxygen atoms in total. The first-order valence-electron chi connectivity index (χ1n) is 5.90. The Morgan fingerprint density at radius 3 is 2.86 bits per heavy atom. The Labute approximate surface area is 87.6 Å². The molecular weight excluding hydrogens is 176 g/mol. The van der Waals surface area contributed by atoms with Crippen molar-refractivity contribution in [3.8, 4) is 0 Å². The Morgan fingerprint density at radius 1 is 1.43 bits per heavy atom. The maximum Gasteiger partial charge on any atom is 0.0576 e. The number of likely N-dealkylation sites (N-methyl/N-ethyl adjacent to an activating group) is 1. The third-order valence-electron chi connectivity index (χ3n) is 2.92. The molecule has 0 aromatic carbocycles. The molecule has 1 saturated heterocycles. The summed E-state index contributed by atoms with van der Waals surface area (Å²) in [6.07, 6.45) is 5.54. The Bertz CT molecular complexity index is 135. The molecule has 0 aliphatic carbocycles. The summed E-state index contributed by atoms with van der Waals surface area (Å²) in [5.41, 5.74) is 5.53. The number of hydrogen-bond donors (Lipinski definition) is 1. The monoisotopic (exact) mass is 200 g/mol. The summed E-state index contributed by atoms with van der Waals surface area (Å²) < 4.78 is 5.59. The molecule has 1 heterocycles. The first-order chi connectivity index (χ1) is 6.86. The molecule has 2 N–H and O–H groups in total. The summed E-state index contributed by atoms with van der Waals surface area (Å²) in [6, 6.07) is 0. The largest absolute Gasteiger partial charge is 0.378 e. The molecular formula is C11H24N2O. The van der Waals surface area contributed by atoms with Gasteiger partial charge >= 0.3 is 0 Å². The van der Waals surface area contributed by atoms with Gasteiger partial charge in [0.1, 0.15) is 0 Å². The summed E-state index contributed by atoms with van der Waals surface area (Å²) in [5, 5.41) is 0. The molecule has 0 aromatic heterocycles. The van der Waals surface area contributed by atoms with Crippen molar-refractivity contribution in [1.29, 1.82) is 0 Å². The third-order valence-corrected chi connectivity index (χ3v) is 2.92. The van der Waals surface area contributed by atoms with Gasteiger partial charge in [-0.1, -0.05) is 6.92 Å². The second kappa shape index (κ2) is 7.21. The standard InChI is InChI=1S/C11H24N2O/c1-2-13(9-7-12)8-3-5-11-6-4-10-14-11/h11H,2-10,12H2,1H3. The second-order valence-corrected chi connectivity index (χ2v) is 4.00. The van der Waals surface area contributed by atoms with E-state index in [9.17, 15) is 0 Å². The predicted molar refractivity (Wildman–Crippen MR) is 59.4 cm³/mol. The van der Waals surface area contributed by atoms with Crippen molar-refractivity contribution >= 4 is 0 Å². The molecule has 0 spiro atoms. The van der Waals surface area contributed by atoms with E-state index in [1.54, 1.807) is 0 Å². The van der Waals surface area contributed by atoms with E-state index in [1.807, 2.05) is 0 Å². The number of hydrogen-bond acceptors (Lipinski definition) is 3. The minimum Gasteiger partial charge on any atom is -0.378 e. The molecule has 1 fully saturated rings. The molecule has 1 rings (SSSR count). The average molecular weight is 200 g/mol. The van der Waals surface area contributed by atoms with Gasteiger partial charge in [-0.25, -0.2) is 0 Å². The van der Waals surface area contributed by atoms with E-state index in [0.717, 1.165) is 26.2 Å². The summed E-state index contributed by atoms with van der Waals surface area (Å²) in [5.74, 6) is 0. The van der Waals surface area contributed by atoms with Gasteiger partial charge in [0.25, 0.3) is 0 Å². The van der Waals surface area contributed by atoms with Gasteiger partial charge in [-0.05, 0) is 38.8 Å². The van der Waals surface area contributed by atoms with Crippen LogP contribution in [0.1, 0.15) is 32.6 Å². The van der Waals surface area contributed by atoms with Crippen LogP contribution in [0.3, 0.4) is 0 Å². The zero-order valence-corrected chi connectivity index (χ0v) is 9.37. The highest BCUT2D eigenvalue weighted by Crippen LogP contribution is 2.16. The molecule has 0 radical (unpaired) electrons. The van der Waals surface area contributed by atoms with E-state index in [0.29, 0.717) is 6.10 Å². The van der Waals surface area contributed by atoms with E-state index >= 15 is 0 Å². The van der Waals surface area contributed by atoms with Gasteiger partial charge in [0, 0.05) is 19.7 Å². The van der Waals surface area contributed by atoms with Gasteiger partial charge in [0.15, 0.2) is 0 Å². The summed E-state index contributed by atoms with van der Waals surface area (Å²) >= 11 is 0. The third kappa shape index (κ3) is 4.40. The average Bonchev–Trinajstić information content (AvgIpc) is 2.69. The number of ether oxygens (including phenoxy) is 1. The Hall–Kier alpha value is -0.120. The first kappa shape index (κ1) is 12.0. The Balaban J connectivity index is 2.00. The lowest BCUT2D eigenvalue weighted by Crippen LogP contribution is -2.30. The van der Waals surface area contributed by atoms with E-state index in [-0.39, 0.29) is 0 Å². The Kier molecular flexibility index (Phi) is 6.15. The maximum atomic E-state index is 5.59. The van der Waals surface area contributed by atoms with Gasteiger partial charge in [-0.3, -0.25) is 0 Å². The number of nitrogens with zero attached hydrogens (tertiary/aromatic N) is 1. The fourth-order valence-corrected chi connectivity index (χ4v) is 2.03. The molecule has 0 aromatic rings. The first-order valence-corrected chi connectivity index (χ1v) is 5.90. The van der Waals surface area contributed by atoms with Crippen LogP contribution in [0.25, 0.3) is 0 Å². The normalized spacial score (nSPS) is 22.1. The van der Waals surface area contributed by atoms with Crippen LogP contribution in [0.2, 0.25) is 0 Å². The van der Waals surface area contributed by atoms with E-state index in [1.165, 1.54) is 32.2 Å². The predicted octanol–water partition coefficient (Wildman–Crippen LogP) is 1.23. The minimum atomic E-state index is 0.548. The van der Waals surface area contributed by atoms with Crippen LogP contribution in [0.5, 0.6) is 0 Å². The van der Waals surface area contributed by atoms with Gasteiger partial charge in [0.05, 0.1) is 6.10 Å². The molecule has 0 saturated carbocycles. The topological polar surface area (TPSA) is 38.5 Å². The second-order valence-electron chi connectivity index (χ2n) is 4.00. The highest BCUT2D eigenvalue weighted by atomic mass is 16.5. The lowest BCUT2D eigenvalue weighted by molar-refractivity contribution is 0.0990. The van der Waals surface area contributed by atoms with Crippen molar-refractivity contribution in [2.24, 2.45) is 5.73 Å². The van der Waals surface area contributed by atoms with Crippen molar-refractivity contribution in [1.82, 2.24) is 4.90 Å². The summed E-state index contributed by atoms with van der Waals surface area (Å²) in [7, 11) is 0. The lowest BCUT2D eigenvalue weighted by Gasteiger charge is -2.20. The van der Waals surface area contributed by atoms with Crippen molar-refractivity contribution in [2.75, 3.05) is 32.8 Å². The fourth-order valence-electron chi connectivity index (χ4n) is 2.03. The molecule has 1 aliphatic rings. The maximum absolute atomic E-state index is 5.59. The van der Waals surface area contributed by atoms with Gasteiger partial charge in [-0.15, -0.1) is 0 Å². The highest BCUT2D eigenvalue weighted by Gasteiger charge is 2.14. The van der Waals surface area contributed by atoms with E-state index in [4.69, 9.17) is 10.5 Å². The van der Waals surface area contributed by atoms with Crippen LogP contribution in [0, 0.1) is 0 Å². The smallest absolute Gasteiger partial charge is 0.0576 e. The van der Waals surface area contributed by atoms with Crippen LogP contribution >= 0.6 is 0 Å². The van der Waals surface area contributed by atoms with Crippen LogP contribution in [0.15, 0.2) is 0 Å². The zero-order chi connectivity index (χ0) is 10.2. The van der Waals surface area contributed by atoms with E-state index in [2.05, 4.69) is 11.8 Å². The molecule has 1 aliphatic heterocycles. The van der Waals surface area contributed by atoms with Crippen LogP contribution in [-0.2, 0) is 4.74 Å². The molecule has 3 heteroatoms. The molecule has 0 amide bonds. The molecule has 14 heavy (non-hydrogen) atoms. The lowest BCUT2D eigenvalue weighted by atomic mass is 10.1. The summed E-state index contributed by atoms with van der Waals surface area (Å²) in [6.45, 7) is 7.26.